The Morgan fingerprint density at radius 2 is 1.95 bits per heavy atom. The van der Waals surface area contributed by atoms with Crippen LogP contribution < -0.4 is 11.1 Å². The van der Waals surface area contributed by atoms with E-state index in [9.17, 15) is 4.79 Å². The molecule has 2 aromatic rings. The first-order valence-corrected chi connectivity index (χ1v) is 6.97. The van der Waals surface area contributed by atoms with Crippen molar-refractivity contribution >= 4 is 22.5 Å². The molecule has 1 aromatic heterocycles. The number of carbonyl (C=O) groups is 1. The standard InChI is InChI=1S/C16H21N3O/c1-4-16(17,5-2)15(20)19-13-8-6-7-12-10-9-11(3)18-14(12)13/h6-10H,4-5,17H2,1-3H3,(H,19,20). The number of pyridine rings is 1. The third kappa shape index (κ3) is 2.65. The Labute approximate surface area is 119 Å². The summed E-state index contributed by atoms with van der Waals surface area (Å²) < 4.78 is 0. The number of hydrogen-bond acceptors (Lipinski definition) is 3. The van der Waals surface area contributed by atoms with Crippen LogP contribution in [0, 0.1) is 6.92 Å². The summed E-state index contributed by atoms with van der Waals surface area (Å²) in [4.78, 5) is 16.9. The van der Waals surface area contributed by atoms with Gasteiger partial charge in [-0.3, -0.25) is 9.78 Å². The van der Waals surface area contributed by atoms with Crippen LogP contribution in [0.5, 0.6) is 0 Å². The van der Waals surface area contributed by atoms with E-state index in [0.29, 0.717) is 18.5 Å². The fraction of sp³-hybridized carbons (Fsp3) is 0.375. The third-order valence-electron chi connectivity index (χ3n) is 3.82. The maximum atomic E-state index is 12.4. The van der Waals surface area contributed by atoms with Crippen LogP contribution in [-0.4, -0.2) is 16.4 Å². The number of amides is 1. The number of para-hydroxylation sites is 1. The van der Waals surface area contributed by atoms with Gasteiger partial charge in [0.2, 0.25) is 5.91 Å². The van der Waals surface area contributed by atoms with E-state index in [4.69, 9.17) is 5.73 Å². The van der Waals surface area contributed by atoms with Crippen LogP contribution in [-0.2, 0) is 4.79 Å². The number of aromatic nitrogens is 1. The van der Waals surface area contributed by atoms with E-state index in [1.807, 2.05) is 51.1 Å². The smallest absolute Gasteiger partial charge is 0.244 e. The van der Waals surface area contributed by atoms with E-state index >= 15 is 0 Å². The number of nitrogens with one attached hydrogen (secondary N) is 1. The number of benzene rings is 1. The van der Waals surface area contributed by atoms with Gasteiger partial charge in [0.05, 0.1) is 16.7 Å². The Bertz CT molecular complexity index is 633. The van der Waals surface area contributed by atoms with E-state index in [1.54, 1.807) is 0 Å². The van der Waals surface area contributed by atoms with Gasteiger partial charge < -0.3 is 11.1 Å². The van der Waals surface area contributed by atoms with E-state index < -0.39 is 5.54 Å². The lowest BCUT2D eigenvalue weighted by Crippen LogP contribution is -2.50. The Morgan fingerprint density at radius 1 is 1.25 bits per heavy atom. The first-order valence-electron chi connectivity index (χ1n) is 6.97. The summed E-state index contributed by atoms with van der Waals surface area (Å²) >= 11 is 0. The molecule has 4 heteroatoms. The van der Waals surface area contributed by atoms with Gasteiger partial charge in [-0.15, -0.1) is 0 Å². The van der Waals surface area contributed by atoms with Crippen molar-refractivity contribution in [3.63, 3.8) is 0 Å². The molecule has 1 amide bonds. The second kappa shape index (κ2) is 5.59. The molecule has 20 heavy (non-hydrogen) atoms. The van der Waals surface area contributed by atoms with Crippen molar-refractivity contribution in [1.82, 2.24) is 4.98 Å². The van der Waals surface area contributed by atoms with Gasteiger partial charge in [-0.05, 0) is 31.9 Å². The number of nitrogens with two attached hydrogens (primary N) is 1. The van der Waals surface area contributed by atoms with Crippen molar-refractivity contribution in [2.24, 2.45) is 5.73 Å². The number of rotatable bonds is 4. The van der Waals surface area contributed by atoms with Gasteiger partial charge >= 0.3 is 0 Å². The minimum absolute atomic E-state index is 0.154. The van der Waals surface area contributed by atoms with Crippen LogP contribution in [0.3, 0.4) is 0 Å². The molecule has 0 spiro atoms. The summed E-state index contributed by atoms with van der Waals surface area (Å²) in [7, 11) is 0. The quantitative estimate of drug-likeness (QED) is 0.898. The number of fused-ring (bicyclic) bond motifs is 1. The molecule has 0 saturated heterocycles. The fourth-order valence-electron chi connectivity index (χ4n) is 2.16. The maximum absolute atomic E-state index is 12.4. The molecule has 0 saturated carbocycles. The maximum Gasteiger partial charge on any atom is 0.244 e. The topological polar surface area (TPSA) is 68.0 Å². The molecule has 1 aromatic carbocycles. The third-order valence-corrected chi connectivity index (χ3v) is 3.82. The van der Waals surface area contributed by atoms with Crippen molar-refractivity contribution in [2.75, 3.05) is 5.32 Å². The molecule has 0 radical (unpaired) electrons. The molecule has 0 aliphatic carbocycles. The van der Waals surface area contributed by atoms with Gasteiger partial charge in [-0.1, -0.05) is 32.0 Å². The molecule has 0 atom stereocenters. The lowest BCUT2D eigenvalue weighted by molar-refractivity contribution is -0.121. The zero-order valence-electron chi connectivity index (χ0n) is 12.2. The highest BCUT2D eigenvalue weighted by atomic mass is 16.2. The summed E-state index contributed by atoms with van der Waals surface area (Å²) in [6.07, 6.45) is 1.21. The van der Waals surface area contributed by atoms with E-state index in [1.165, 1.54) is 0 Å². The molecule has 0 aliphatic rings. The Balaban J connectivity index is 2.39. The Hall–Kier alpha value is -1.94. The zero-order chi connectivity index (χ0) is 14.8. The normalized spacial score (nSPS) is 11.6. The van der Waals surface area contributed by atoms with Crippen molar-refractivity contribution in [1.29, 1.82) is 0 Å². The van der Waals surface area contributed by atoms with Crippen LogP contribution in [0.25, 0.3) is 10.9 Å². The first-order chi connectivity index (χ1) is 9.50. The molecular weight excluding hydrogens is 250 g/mol. The Morgan fingerprint density at radius 3 is 2.60 bits per heavy atom. The lowest BCUT2D eigenvalue weighted by Gasteiger charge is -2.25. The predicted octanol–water partition coefficient (Wildman–Crippen LogP) is 3.00. The number of aryl methyl sites for hydroxylation is 1. The molecule has 2 rings (SSSR count). The van der Waals surface area contributed by atoms with Crippen LogP contribution in [0.1, 0.15) is 32.4 Å². The van der Waals surface area contributed by atoms with E-state index in [-0.39, 0.29) is 5.91 Å². The minimum Gasteiger partial charge on any atom is -0.323 e. The van der Waals surface area contributed by atoms with Crippen molar-refractivity contribution < 1.29 is 4.79 Å². The number of hydrogen-bond donors (Lipinski definition) is 2. The SMILES string of the molecule is CCC(N)(CC)C(=O)Nc1cccc2ccc(C)nc12. The summed E-state index contributed by atoms with van der Waals surface area (Å²) in [5, 5.41) is 3.93. The zero-order valence-corrected chi connectivity index (χ0v) is 12.2. The average Bonchev–Trinajstić information content (AvgIpc) is 2.47. The molecular formula is C16H21N3O. The second-order valence-corrected chi connectivity index (χ2v) is 5.15. The molecule has 3 N–H and O–H groups in total. The molecule has 0 fully saturated rings. The van der Waals surface area contributed by atoms with Crippen LogP contribution in [0.15, 0.2) is 30.3 Å². The van der Waals surface area contributed by atoms with Crippen LogP contribution >= 0.6 is 0 Å². The number of anilines is 1. The molecule has 1 heterocycles. The average molecular weight is 271 g/mol. The van der Waals surface area contributed by atoms with Gasteiger partial charge in [0.15, 0.2) is 0 Å². The fourth-order valence-corrected chi connectivity index (χ4v) is 2.16. The van der Waals surface area contributed by atoms with Gasteiger partial charge in [-0.2, -0.15) is 0 Å². The summed E-state index contributed by atoms with van der Waals surface area (Å²) in [5.74, 6) is -0.154. The first kappa shape index (κ1) is 14.5. The monoisotopic (exact) mass is 271 g/mol. The highest BCUT2D eigenvalue weighted by molar-refractivity contribution is 6.04. The number of nitrogens with zero attached hydrogens (tertiary/aromatic N) is 1. The van der Waals surface area contributed by atoms with E-state index in [2.05, 4.69) is 10.3 Å². The highest BCUT2D eigenvalue weighted by Crippen LogP contribution is 2.23. The van der Waals surface area contributed by atoms with Gasteiger partial charge in [0.25, 0.3) is 0 Å². The predicted molar refractivity (Wildman–Crippen MR) is 82.6 cm³/mol. The Kier molecular flexibility index (Phi) is 4.04. The van der Waals surface area contributed by atoms with Crippen molar-refractivity contribution in [3.05, 3.63) is 36.0 Å². The van der Waals surface area contributed by atoms with Gasteiger partial charge in [-0.25, -0.2) is 0 Å². The van der Waals surface area contributed by atoms with Crippen LogP contribution in [0.2, 0.25) is 0 Å². The summed E-state index contributed by atoms with van der Waals surface area (Å²) in [6.45, 7) is 5.78. The van der Waals surface area contributed by atoms with Gasteiger partial charge in [0.1, 0.15) is 0 Å². The molecule has 0 unspecified atom stereocenters. The van der Waals surface area contributed by atoms with Crippen molar-refractivity contribution in [3.8, 4) is 0 Å². The van der Waals surface area contributed by atoms with Crippen LogP contribution in [0.4, 0.5) is 5.69 Å². The largest absolute Gasteiger partial charge is 0.323 e. The lowest BCUT2D eigenvalue weighted by atomic mass is 9.93. The molecule has 106 valence electrons. The summed E-state index contributed by atoms with van der Waals surface area (Å²) in [6, 6.07) is 9.71. The number of carbonyl (C=O) groups excluding carboxylic acids is 1. The molecule has 0 aliphatic heterocycles. The minimum atomic E-state index is -0.827. The summed E-state index contributed by atoms with van der Waals surface area (Å²) in [5.41, 5.74) is 7.74. The van der Waals surface area contributed by atoms with Crippen molar-refractivity contribution in [2.45, 2.75) is 39.2 Å². The second-order valence-electron chi connectivity index (χ2n) is 5.15. The molecule has 0 bridgehead atoms. The molecule has 4 nitrogen and oxygen atoms in total. The highest BCUT2D eigenvalue weighted by Gasteiger charge is 2.30. The van der Waals surface area contributed by atoms with E-state index in [0.717, 1.165) is 16.6 Å². The van der Waals surface area contributed by atoms with Gasteiger partial charge in [0, 0.05) is 11.1 Å².